The van der Waals surface area contributed by atoms with E-state index >= 15 is 0 Å². The number of hydrogen-bond donors (Lipinski definition) is 1. The molecule has 1 N–H and O–H groups in total. The Hall–Kier alpha value is -1.69. The van der Waals surface area contributed by atoms with E-state index in [0.717, 1.165) is 26.2 Å². The van der Waals surface area contributed by atoms with Crippen molar-refractivity contribution in [2.45, 2.75) is 20.8 Å². The molecule has 3 nitrogen and oxygen atoms in total. The van der Waals surface area contributed by atoms with E-state index in [0.29, 0.717) is 9.90 Å². The normalized spacial score (nSPS) is 11.9. The molecule has 0 fully saturated rings. The van der Waals surface area contributed by atoms with Crippen molar-refractivity contribution in [2.75, 3.05) is 0 Å². The predicted octanol–water partition coefficient (Wildman–Crippen LogP) is 5.39. The number of aryl methyl sites for hydroxylation is 2. The standard InChI is InChI=1S/C17H15ClN2OS2/c1-9-4-6-12-14(8-9)23-16(15(12)18)17(21)20-19-11(3)13-7-5-10(2)22-13/h4-8H,1-3H3,(H,20,21)/b19-11+. The molecule has 0 radical (unpaired) electrons. The van der Waals surface area contributed by atoms with E-state index in [1.165, 1.54) is 16.2 Å². The van der Waals surface area contributed by atoms with Gasteiger partial charge >= 0.3 is 0 Å². The van der Waals surface area contributed by atoms with Crippen molar-refractivity contribution in [1.82, 2.24) is 5.43 Å². The van der Waals surface area contributed by atoms with E-state index in [1.54, 1.807) is 11.3 Å². The number of nitrogens with zero attached hydrogens (tertiary/aromatic N) is 1. The number of hydrogen-bond acceptors (Lipinski definition) is 4. The van der Waals surface area contributed by atoms with Gasteiger partial charge in [0.25, 0.3) is 5.91 Å². The molecule has 0 saturated carbocycles. The number of hydrazone groups is 1. The topological polar surface area (TPSA) is 41.5 Å². The van der Waals surface area contributed by atoms with Gasteiger partial charge in [-0.3, -0.25) is 4.79 Å². The van der Waals surface area contributed by atoms with E-state index < -0.39 is 0 Å². The number of nitrogens with one attached hydrogen (secondary N) is 1. The van der Waals surface area contributed by atoms with Crippen LogP contribution in [0.4, 0.5) is 0 Å². The minimum atomic E-state index is -0.276. The van der Waals surface area contributed by atoms with Crippen molar-refractivity contribution < 1.29 is 4.79 Å². The molecule has 3 rings (SSSR count). The molecule has 0 aliphatic carbocycles. The summed E-state index contributed by atoms with van der Waals surface area (Å²) in [6.45, 7) is 5.93. The number of rotatable bonds is 3. The zero-order chi connectivity index (χ0) is 16.6. The van der Waals surface area contributed by atoms with Crippen LogP contribution in [0.15, 0.2) is 35.4 Å². The molecule has 118 valence electrons. The quantitative estimate of drug-likeness (QED) is 0.492. The number of amides is 1. The number of halogens is 1. The maximum atomic E-state index is 12.4. The van der Waals surface area contributed by atoms with Gasteiger partial charge in [0.05, 0.1) is 15.6 Å². The molecule has 0 atom stereocenters. The largest absolute Gasteiger partial charge is 0.283 e. The van der Waals surface area contributed by atoms with E-state index in [1.807, 2.05) is 51.1 Å². The Kier molecular flexibility index (Phi) is 4.53. The molecule has 0 unspecified atom stereocenters. The molecular weight excluding hydrogens is 348 g/mol. The van der Waals surface area contributed by atoms with Crippen molar-refractivity contribution in [3.63, 3.8) is 0 Å². The fraction of sp³-hybridized carbons (Fsp3) is 0.176. The third-order valence-corrected chi connectivity index (χ3v) is 6.18. The van der Waals surface area contributed by atoms with Gasteiger partial charge in [-0.1, -0.05) is 23.7 Å². The summed E-state index contributed by atoms with van der Waals surface area (Å²) in [6, 6.07) is 10.0. The lowest BCUT2D eigenvalue weighted by Crippen LogP contribution is -2.18. The van der Waals surface area contributed by atoms with Crippen molar-refractivity contribution >= 4 is 56.0 Å². The lowest BCUT2D eigenvalue weighted by Gasteiger charge is -2.00. The SMILES string of the molecule is C/C(=N\NC(=O)c1sc2cc(C)ccc2c1Cl)c1ccc(C)s1. The molecule has 0 aliphatic rings. The van der Waals surface area contributed by atoms with Crippen LogP contribution in [0.2, 0.25) is 5.02 Å². The average Bonchev–Trinajstić information content (AvgIpc) is 3.08. The van der Waals surface area contributed by atoms with Gasteiger partial charge in [-0.2, -0.15) is 5.10 Å². The summed E-state index contributed by atoms with van der Waals surface area (Å²) in [6.07, 6.45) is 0. The van der Waals surface area contributed by atoms with Gasteiger partial charge in [0.15, 0.2) is 0 Å². The summed E-state index contributed by atoms with van der Waals surface area (Å²) in [4.78, 5) is 15.1. The highest BCUT2D eigenvalue weighted by Crippen LogP contribution is 2.35. The van der Waals surface area contributed by atoms with Crippen LogP contribution in [-0.4, -0.2) is 11.6 Å². The number of fused-ring (bicyclic) bond motifs is 1. The molecule has 0 bridgehead atoms. The molecular formula is C17H15ClN2OS2. The number of carbonyl (C=O) groups excluding carboxylic acids is 1. The molecule has 1 amide bonds. The van der Waals surface area contributed by atoms with Crippen molar-refractivity contribution in [2.24, 2.45) is 5.10 Å². The fourth-order valence-electron chi connectivity index (χ4n) is 2.19. The van der Waals surface area contributed by atoms with Gasteiger partial charge in [0, 0.05) is 15.0 Å². The maximum absolute atomic E-state index is 12.4. The minimum absolute atomic E-state index is 0.276. The maximum Gasteiger partial charge on any atom is 0.283 e. The molecule has 23 heavy (non-hydrogen) atoms. The van der Waals surface area contributed by atoms with Gasteiger partial charge in [0.1, 0.15) is 4.88 Å². The van der Waals surface area contributed by atoms with Crippen LogP contribution < -0.4 is 5.43 Å². The summed E-state index contributed by atoms with van der Waals surface area (Å²) < 4.78 is 1.01. The van der Waals surface area contributed by atoms with E-state index in [4.69, 9.17) is 11.6 Å². The molecule has 0 aliphatic heterocycles. The zero-order valence-electron chi connectivity index (χ0n) is 12.9. The Balaban J connectivity index is 1.85. The van der Waals surface area contributed by atoms with Gasteiger partial charge < -0.3 is 0 Å². The van der Waals surface area contributed by atoms with Gasteiger partial charge in [0.2, 0.25) is 0 Å². The summed E-state index contributed by atoms with van der Waals surface area (Å²) in [5.74, 6) is -0.276. The van der Waals surface area contributed by atoms with Gasteiger partial charge in [-0.15, -0.1) is 22.7 Å². The molecule has 3 aromatic rings. The highest BCUT2D eigenvalue weighted by molar-refractivity contribution is 7.21. The molecule has 1 aromatic carbocycles. The van der Waals surface area contributed by atoms with Crippen LogP contribution in [0.3, 0.4) is 0 Å². The lowest BCUT2D eigenvalue weighted by atomic mass is 10.2. The number of thiophene rings is 2. The molecule has 0 spiro atoms. The van der Waals surface area contributed by atoms with Crippen LogP contribution in [0.1, 0.15) is 31.9 Å². The summed E-state index contributed by atoms with van der Waals surface area (Å²) in [5.41, 5.74) is 4.53. The Labute approximate surface area is 147 Å². The van der Waals surface area contributed by atoms with Crippen LogP contribution in [0.5, 0.6) is 0 Å². The predicted molar refractivity (Wildman–Crippen MR) is 100 cm³/mol. The van der Waals surface area contributed by atoms with Gasteiger partial charge in [-0.25, -0.2) is 5.43 Å². The lowest BCUT2D eigenvalue weighted by molar-refractivity contribution is 0.0959. The van der Waals surface area contributed by atoms with E-state index in [9.17, 15) is 4.79 Å². The first-order valence-electron chi connectivity index (χ1n) is 7.06. The smallest absolute Gasteiger partial charge is 0.266 e. The van der Waals surface area contributed by atoms with Crippen molar-refractivity contribution in [1.29, 1.82) is 0 Å². The van der Waals surface area contributed by atoms with Crippen LogP contribution in [0, 0.1) is 13.8 Å². The summed E-state index contributed by atoms with van der Waals surface area (Å²) in [5, 5.41) is 5.58. The highest BCUT2D eigenvalue weighted by Gasteiger charge is 2.17. The van der Waals surface area contributed by atoms with Crippen LogP contribution >= 0.6 is 34.3 Å². The number of carbonyl (C=O) groups is 1. The van der Waals surface area contributed by atoms with Crippen LogP contribution in [-0.2, 0) is 0 Å². The fourth-order valence-corrected chi connectivity index (χ4v) is 4.51. The molecule has 2 aromatic heterocycles. The summed E-state index contributed by atoms with van der Waals surface area (Å²) >= 11 is 9.38. The molecule has 6 heteroatoms. The first kappa shape index (κ1) is 16.2. The first-order valence-corrected chi connectivity index (χ1v) is 9.07. The Morgan fingerprint density at radius 3 is 2.65 bits per heavy atom. The summed E-state index contributed by atoms with van der Waals surface area (Å²) in [7, 11) is 0. The van der Waals surface area contributed by atoms with Crippen molar-refractivity contribution in [3.8, 4) is 0 Å². The Morgan fingerprint density at radius 1 is 1.17 bits per heavy atom. The van der Waals surface area contributed by atoms with E-state index in [-0.39, 0.29) is 5.91 Å². The minimum Gasteiger partial charge on any atom is -0.266 e. The average molecular weight is 363 g/mol. The monoisotopic (exact) mass is 362 g/mol. The van der Waals surface area contributed by atoms with Gasteiger partial charge in [-0.05, 0) is 44.5 Å². The third kappa shape index (κ3) is 3.32. The van der Waals surface area contributed by atoms with Crippen LogP contribution in [0.25, 0.3) is 10.1 Å². The third-order valence-electron chi connectivity index (χ3n) is 3.41. The first-order chi connectivity index (χ1) is 11.0. The molecule has 0 saturated heterocycles. The Morgan fingerprint density at radius 2 is 1.96 bits per heavy atom. The second-order valence-corrected chi connectivity index (χ2v) is 8.01. The second-order valence-electron chi connectivity index (χ2n) is 5.29. The number of benzene rings is 1. The Bertz CT molecular complexity index is 924. The zero-order valence-corrected chi connectivity index (χ0v) is 15.3. The van der Waals surface area contributed by atoms with E-state index in [2.05, 4.69) is 10.5 Å². The molecule has 2 heterocycles. The highest BCUT2D eigenvalue weighted by atomic mass is 35.5. The second kappa shape index (κ2) is 6.43. The van der Waals surface area contributed by atoms with Crippen molar-refractivity contribution in [3.05, 3.63) is 55.5 Å².